The highest BCUT2D eigenvalue weighted by Gasteiger charge is 2.17. The van der Waals surface area contributed by atoms with Crippen molar-refractivity contribution in [1.29, 1.82) is 0 Å². The number of carbonyl (C=O) groups is 1. The monoisotopic (exact) mass is 248 g/mol. The van der Waals surface area contributed by atoms with Crippen LogP contribution < -0.4 is 0 Å². The van der Waals surface area contributed by atoms with Crippen LogP contribution in [-0.2, 0) is 0 Å². The molecule has 1 unspecified atom stereocenters. The van der Waals surface area contributed by atoms with E-state index >= 15 is 0 Å². The fraction of sp³-hybridized carbons (Fsp3) is 0.571. The smallest absolute Gasteiger partial charge is 0.164 e. The number of likely N-dealkylation sites (tertiary alicyclic amines) is 1. The average molecular weight is 248 g/mol. The first-order valence-corrected chi connectivity index (χ1v) is 6.59. The summed E-state index contributed by atoms with van der Waals surface area (Å²) in [5, 5.41) is 9.55. The molecule has 2 heterocycles. The Morgan fingerprint density at radius 1 is 1.56 bits per heavy atom. The van der Waals surface area contributed by atoms with Crippen molar-refractivity contribution in [2.45, 2.75) is 31.8 Å². The molecule has 0 aromatic carbocycles. The van der Waals surface area contributed by atoms with Gasteiger partial charge in [-0.3, -0.25) is 9.78 Å². The topological polar surface area (TPSA) is 53.4 Å². The molecular weight excluding hydrogens is 228 g/mol. The summed E-state index contributed by atoms with van der Waals surface area (Å²) >= 11 is 0. The highest BCUT2D eigenvalue weighted by molar-refractivity contribution is 5.95. The Labute approximate surface area is 108 Å². The fourth-order valence-electron chi connectivity index (χ4n) is 2.37. The second-order valence-electron chi connectivity index (χ2n) is 4.87. The van der Waals surface area contributed by atoms with Crippen LogP contribution in [-0.4, -0.2) is 46.5 Å². The van der Waals surface area contributed by atoms with Crippen LogP contribution in [0.4, 0.5) is 0 Å². The summed E-state index contributed by atoms with van der Waals surface area (Å²) in [7, 11) is 0. The number of nitrogens with zero attached hydrogens (tertiary/aromatic N) is 2. The van der Waals surface area contributed by atoms with Crippen molar-refractivity contribution in [3.05, 3.63) is 30.1 Å². The normalized spacial score (nSPS) is 20.8. The summed E-state index contributed by atoms with van der Waals surface area (Å²) in [6, 6.07) is 3.59. The zero-order valence-corrected chi connectivity index (χ0v) is 10.6. The second kappa shape index (κ2) is 6.61. The van der Waals surface area contributed by atoms with E-state index in [9.17, 15) is 9.90 Å². The quantitative estimate of drug-likeness (QED) is 0.802. The van der Waals surface area contributed by atoms with Gasteiger partial charge in [0.15, 0.2) is 5.78 Å². The van der Waals surface area contributed by atoms with E-state index in [1.165, 1.54) is 0 Å². The van der Waals surface area contributed by atoms with Gasteiger partial charge < -0.3 is 10.0 Å². The van der Waals surface area contributed by atoms with Gasteiger partial charge in [0.1, 0.15) is 0 Å². The zero-order valence-electron chi connectivity index (χ0n) is 10.6. The van der Waals surface area contributed by atoms with Gasteiger partial charge in [-0.15, -0.1) is 0 Å². The molecule has 0 amide bonds. The first-order chi connectivity index (χ1) is 8.75. The Morgan fingerprint density at radius 3 is 3.17 bits per heavy atom. The van der Waals surface area contributed by atoms with Crippen molar-refractivity contribution in [3.8, 4) is 0 Å². The summed E-state index contributed by atoms with van der Waals surface area (Å²) in [5.74, 6) is 0.153. The lowest BCUT2D eigenvalue weighted by Crippen LogP contribution is -2.38. The lowest BCUT2D eigenvalue weighted by molar-refractivity contribution is 0.0692. The number of hydrogen-bond acceptors (Lipinski definition) is 4. The van der Waals surface area contributed by atoms with Crippen LogP contribution in [0.2, 0.25) is 0 Å². The van der Waals surface area contributed by atoms with Crippen LogP contribution in [0.15, 0.2) is 24.5 Å². The molecule has 4 heteroatoms. The number of aromatic nitrogens is 1. The third-order valence-corrected chi connectivity index (χ3v) is 3.34. The Morgan fingerprint density at radius 2 is 2.44 bits per heavy atom. The largest absolute Gasteiger partial charge is 0.392 e. The predicted molar refractivity (Wildman–Crippen MR) is 69.5 cm³/mol. The van der Waals surface area contributed by atoms with Gasteiger partial charge in [0.05, 0.1) is 6.10 Å². The number of rotatable bonds is 5. The molecule has 1 aromatic rings. The van der Waals surface area contributed by atoms with E-state index < -0.39 is 0 Å². The molecule has 1 aliphatic heterocycles. The van der Waals surface area contributed by atoms with Crippen molar-refractivity contribution in [1.82, 2.24) is 9.88 Å². The highest BCUT2D eigenvalue weighted by Crippen LogP contribution is 2.11. The molecule has 0 aliphatic carbocycles. The number of aliphatic hydroxyl groups excluding tert-OH is 1. The molecule has 0 saturated carbocycles. The van der Waals surface area contributed by atoms with Crippen molar-refractivity contribution >= 4 is 5.78 Å². The standard InChI is InChI=1S/C14H20N2O2/c17-13-5-2-8-16(11-13)9-3-6-14(18)12-4-1-7-15-10-12/h1,4,7,10,13,17H,2-3,5-6,8-9,11H2. The van der Waals surface area contributed by atoms with Gasteiger partial charge in [0.25, 0.3) is 0 Å². The van der Waals surface area contributed by atoms with E-state index in [2.05, 4.69) is 9.88 Å². The lowest BCUT2D eigenvalue weighted by Gasteiger charge is -2.29. The first-order valence-electron chi connectivity index (χ1n) is 6.59. The molecule has 1 aliphatic rings. The van der Waals surface area contributed by atoms with E-state index in [1.54, 1.807) is 24.5 Å². The molecule has 4 nitrogen and oxygen atoms in total. The summed E-state index contributed by atoms with van der Waals surface area (Å²) in [6.45, 7) is 2.68. The minimum atomic E-state index is -0.187. The predicted octanol–water partition coefficient (Wildman–Crippen LogP) is 1.50. The summed E-state index contributed by atoms with van der Waals surface area (Å²) < 4.78 is 0. The van der Waals surface area contributed by atoms with E-state index in [0.29, 0.717) is 12.0 Å². The minimum Gasteiger partial charge on any atom is -0.392 e. The minimum absolute atomic E-state index is 0.153. The Kier molecular flexibility index (Phi) is 4.84. The number of hydrogen-bond donors (Lipinski definition) is 1. The van der Waals surface area contributed by atoms with Gasteiger partial charge in [-0.1, -0.05) is 0 Å². The SMILES string of the molecule is O=C(CCCN1CCCC(O)C1)c1cccnc1. The molecule has 0 bridgehead atoms. The third kappa shape index (κ3) is 3.89. The molecule has 2 rings (SSSR count). The van der Waals surface area contributed by atoms with Crippen LogP contribution in [0.1, 0.15) is 36.0 Å². The van der Waals surface area contributed by atoms with Gasteiger partial charge in [-0.05, 0) is 44.5 Å². The second-order valence-corrected chi connectivity index (χ2v) is 4.87. The Balaban J connectivity index is 1.70. The average Bonchev–Trinajstić information content (AvgIpc) is 2.40. The third-order valence-electron chi connectivity index (χ3n) is 3.34. The molecule has 0 spiro atoms. The highest BCUT2D eigenvalue weighted by atomic mass is 16.3. The molecule has 0 radical (unpaired) electrons. The molecular formula is C14H20N2O2. The van der Waals surface area contributed by atoms with Crippen molar-refractivity contribution in [3.63, 3.8) is 0 Å². The van der Waals surface area contributed by atoms with E-state index in [4.69, 9.17) is 0 Å². The van der Waals surface area contributed by atoms with Gasteiger partial charge in [-0.2, -0.15) is 0 Å². The maximum Gasteiger partial charge on any atom is 0.164 e. The Hall–Kier alpha value is -1.26. The van der Waals surface area contributed by atoms with E-state index in [1.807, 2.05) is 0 Å². The molecule has 18 heavy (non-hydrogen) atoms. The number of aliphatic hydroxyl groups is 1. The number of β-amino-alcohol motifs (C(OH)–C–C–N with tert-alkyl or cyclic N) is 1. The molecule has 1 fully saturated rings. The number of Topliss-reactive ketones (excluding diaryl/α,β-unsaturated/α-hetero) is 1. The molecule has 1 saturated heterocycles. The molecule has 98 valence electrons. The van der Waals surface area contributed by atoms with Crippen LogP contribution in [0, 0.1) is 0 Å². The maximum absolute atomic E-state index is 11.8. The van der Waals surface area contributed by atoms with Gasteiger partial charge >= 0.3 is 0 Å². The number of ketones is 1. The van der Waals surface area contributed by atoms with Crippen LogP contribution in [0.25, 0.3) is 0 Å². The number of carbonyl (C=O) groups excluding carboxylic acids is 1. The Bertz CT molecular complexity index is 381. The molecule has 1 atom stereocenters. The summed E-state index contributed by atoms with van der Waals surface area (Å²) in [5.41, 5.74) is 0.691. The van der Waals surface area contributed by atoms with E-state index in [-0.39, 0.29) is 11.9 Å². The van der Waals surface area contributed by atoms with Crippen molar-refractivity contribution in [2.24, 2.45) is 0 Å². The molecule has 1 N–H and O–H groups in total. The van der Waals surface area contributed by atoms with Gasteiger partial charge in [0, 0.05) is 30.9 Å². The lowest BCUT2D eigenvalue weighted by atomic mass is 10.1. The van der Waals surface area contributed by atoms with Crippen LogP contribution in [0.3, 0.4) is 0 Å². The fourth-order valence-corrected chi connectivity index (χ4v) is 2.37. The number of pyridine rings is 1. The first kappa shape index (κ1) is 13.2. The van der Waals surface area contributed by atoms with Crippen LogP contribution in [0.5, 0.6) is 0 Å². The number of piperidine rings is 1. The zero-order chi connectivity index (χ0) is 12.8. The summed E-state index contributed by atoms with van der Waals surface area (Å²) in [4.78, 5) is 18.0. The van der Waals surface area contributed by atoms with Crippen LogP contribution >= 0.6 is 0 Å². The van der Waals surface area contributed by atoms with Crippen molar-refractivity contribution < 1.29 is 9.90 Å². The van der Waals surface area contributed by atoms with Crippen molar-refractivity contribution in [2.75, 3.05) is 19.6 Å². The molecule has 1 aromatic heterocycles. The van der Waals surface area contributed by atoms with Gasteiger partial charge in [-0.25, -0.2) is 0 Å². The summed E-state index contributed by atoms with van der Waals surface area (Å²) in [6.07, 6.45) is 6.47. The maximum atomic E-state index is 11.8. The van der Waals surface area contributed by atoms with E-state index in [0.717, 1.165) is 38.9 Å². The van der Waals surface area contributed by atoms with Gasteiger partial charge in [0.2, 0.25) is 0 Å².